The van der Waals surface area contributed by atoms with Crippen LogP contribution in [0.2, 0.25) is 0 Å². The van der Waals surface area contributed by atoms with Gasteiger partial charge in [0.05, 0.1) is 0 Å². The zero-order valence-electron chi connectivity index (χ0n) is 12.6. The third-order valence-electron chi connectivity index (χ3n) is 3.79. The average molecular weight is 308 g/mol. The van der Waals surface area contributed by atoms with Crippen LogP contribution in [0, 0.1) is 11.7 Å². The van der Waals surface area contributed by atoms with Gasteiger partial charge in [-0.05, 0) is 31.9 Å². The van der Waals surface area contributed by atoms with Gasteiger partial charge in [-0.3, -0.25) is 20.4 Å². The molecule has 2 N–H and O–H groups in total. The molecule has 0 spiro atoms. The van der Waals surface area contributed by atoms with Crippen molar-refractivity contribution in [3.05, 3.63) is 30.1 Å². The van der Waals surface area contributed by atoms with Gasteiger partial charge in [0.15, 0.2) is 17.7 Å². The molecule has 1 aromatic rings. The van der Waals surface area contributed by atoms with Crippen molar-refractivity contribution in [2.75, 3.05) is 0 Å². The van der Waals surface area contributed by atoms with Crippen LogP contribution in [0.4, 0.5) is 4.39 Å². The second-order valence-corrected chi connectivity index (χ2v) is 5.50. The largest absolute Gasteiger partial charge is 0.478 e. The van der Waals surface area contributed by atoms with Gasteiger partial charge in [-0.25, -0.2) is 4.39 Å². The van der Waals surface area contributed by atoms with Crippen molar-refractivity contribution in [3.63, 3.8) is 0 Å². The fourth-order valence-corrected chi connectivity index (χ4v) is 2.48. The molecule has 5 nitrogen and oxygen atoms in total. The zero-order valence-corrected chi connectivity index (χ0v) is 12.6. The first-order chi connectivity index (χ1) is 10.6. The van der Waals surface area contributed by atoms with Crippen molar-refractivity contribution in [1.82, 2.24) is 10.9 Å². The quantitative estimate of drug-likeness (QED) is 0.839. The van der Waals surface area contributed by atoms with Gasteiger partial charge in [0, 0.05) is 5.92 Å². The normalized spacial score (nSPS) is 16.6. The highest BCUT2D eigenvalue weighted by molar-refractivity contribution is 5.85. The molecule has 0 aliphatic heterocycles. The summed E-state index contributed by atoms with van der Waals surface area (Å²) in [6.45, 7) is 1.49. The van der Waals surface area contributed by atoms with Crippen LogP contribution in [0.5, 0.6) is 5.75 Å². The van der Waals surface area contributed by atoms with E-state index in [1.807, 2.05) is 0 Å². The summed E-state index contributed by atoms with van der Waals surface area (Å²) in [6, 6.07) is 5.86. The lowest BCUT2D eigenvalue weighted by molar-refractivity contribution is -0.134. The number of carbonyl (C=O) groups is 2. The summed E-state index contributed by atoms with van der Waals surface area (Å²) in [6.07, 6.45) is 4.02. The van der Waals surface area contributed by atoms with Crippen molar-refractivity contribution in [2.45, 2.75) is 45.1 Å². The fourth-order valence-electron chi connectivity index (χ4n) is 2.48. The zero-order chi connectivity index (χ0) is 15.9. The Kier molecular flexibility index (Phi) is 5.75. The van der Waals surface area contributed by atoms with E-state index in [0.717, 1.165) is 32.1 Å². The first-order valence-corrected chi connectivity index (χ1v) is 7.59. The van der Waals surface area contributed by atoms with Crippen molar-refractivity contribution in [3.8, 4) is 5.75 Å². The van der Waals surface area contributed by atoms with Crippen LogP contribution in [0.25, 0.3) is 0 Å². The molecule has 1 atom stereocenters. The summed E-state index contributed by atoms with van der Waals surface area (Å²) < 4.78 is 18.7. The molecule has 0 heterocycles. The molecule has 22 heavy (non-hydrogen) atoms. The molecular formula is C16H21FN2O3. The van der Waals surface area contributed by atoms with Gasteiger partial charge in [0.25, 0.3) is 5.91 Å². The van der Waals surface area contributed by atoms with Gasteiger partial charge in [0.2, 0.25) is 5.91 Å². The fraction of sp³-hybridized carbons (Fsp3) is 0.500. The molecule has 0 saturated heterocycles. The molecule has 1 aliphatic carbocycles. The molecule has 0 radical (unpaired) electrons. The molecule has 1 saturated carbocycles. The van der Waals surface area contributed by atoms with E-state index in [-0.39, 0.29) is 17.6 Å². The summed E-state index contributed by atoms with van der Waals surface area (Å²) in [7, 11) is 0. The summed E-state index contributed by atoms with van der Waals surface area (Å²) in [5.74, 6) is -1.27. The Morgan fingerprint density at radius 2 is 1.86 bits per heavy atom. The molecule has 2 amide bonds. The minimum Gasteiger partial charge on any atom is -0.478 e. The van der Waals surface area contributed by atoms with Gasteiger partial charge in [-0.2, -0.15) is 0 Å². The number of ether oxygens (including phenoxy) is 1. The molecule has 1 aliphatic rings. The van der Waals surface area contributed by atoms with Crippen molar-refractivity contribution >= 4 is 11.8 Å². The van der Waals surface area contributed by atoms with Crippen LogP contribution in [-0.2, 0) is 9.59 Å². The highest BCUT2D eigenvalue weighted by atomic mass is 19.1. The third kappa shape index (κ3) is 4.44. The topological polar surface area (TPSA) is 67.4 Å². The van der Waals surface area contributed by atoms with E-state index in [9.17, 15) is 14.0 Å². The molecule has 1 unspecified atom stereocenters. The predicted molar refractivity (Wildman–Crippen MR) is 79.4 cm³/mol. The summed E-state index contributed by atoms with van der Waals surface area (Å²) >= 11 is 0. The Bertz CT molecular complexity index is 530. The number of amides is 2. The van der Waals surface area contributed by atoms with Gasteiger partial charge >= 0.3 is 0 Å². The number of benzene rings is 1. The van der Waals surface area contributed by atoms with E-state index in [1.54, 1.807) is 6.07 Å². The first kappa shape index (κ1) is 16.3. The Hall–Kier alpha value is -2.11. The molecule has 2 rings (SSSR count). The minimum absolute atomic E-state index is 0.00348. The highest BCUT2D eigenvalue weighted by Crippen LogP contribution is 2.23. The molecule has 0 bridgehead atoms. The Balaban J connectivity index is 1.79. The second-order valence-electron chi connectivity index (χ2n) is 5.50. The van der Waals surface area contributed by atoms with E-state index in [0.29, 0.717) is 0 Å². The van der Waals surface area contributed by atoms with Crippen LogP contribution in [0.1, 0.15) is 39.0 Å². The summed E-state index contributed by atoms with van der Waals surface area (Å²) in [5.41, 5.74) is 4.75. The number of hydrogen-bond donors (Lipinski definition) is 2. The van der Waals surface area contributed by atoms with E-state index < -0.39 is 17.8 Å². The van der Waals surface area contributed by atoms with E-state index >= 15 is 0 Å². The smallest absolute Gasteiger partial charge is 0.279 e. The van der Waals surface area contributed by atoms with Gasteiger partial charge in [-0.15, -0.1) is 0 Å². The van der Waals surface area contributed by atoms with Gasteiger partial charge in [0.1, 0.15) is 0 Å². The molecule has 6 heteroatoms. The van der Waals surface area contributed by atoms with Gasteiger partial charge in [-0.1, -0.05) is 31.4 Å². The van der Waals surface area contributed by atoms with Gasteiger partial charge < -0.3 is 4.74 Å². The SMILES string of the molecule is CC(Oc1ccccc1F)C(=O)NNC(=O)C1CCCCC1. The predicted octanol–water partition coefficient (Wildman–Crippen LogP) is 2.32. The number of nitrogens with one attached hydrogen (secondary N) is 2. The Morgan fingerprint density at radius 1 is 1.18 bits per heavy atom. The van der Waals surface area contributed by atoms with E-state index in [2.05, 4.69) is 10.9 Å². The van der Waals surface area contributed by atoms with Crippen molar-refractivity contribution < 1.29 is 18.7 Å². The summed E-state index contributed by atoms with van der Waals surface area (Å²) in [5, 5.41) is 0. The molecule has 120 valence electrons. The maximum Gasteiger partial charge on any atom is 0.279 e. The monoisotopic (exact) mass is 308 g/mol. The van der Waals surface area contributed by atoms with Crippen LogP contribution in [0.3, 0.4) is 0 Å². The number of carbonyl (C=O) groups excluding carboxylic acids is 2. The first-order valence-electron chi connectivity index (χ1n) is 7.59. The number of para-hydroxylation sites is 1. The third-order valence-corrected chi connectivity index (χ3v) is 3.79. The number of rotatable bonds is 4. The van der Waals surface area contributed by atoms with Crippen LogP contribution in [0.15, 0.2) is 24.3 Å². The second kappa shape index (κ2) is 7.77. The average Bonchev–Trinajstić information content (AvgIpc) is 2.55. The Labute approximate surface area is 129 Å². The molecule has 0 aromatic heterocycles. The van der Waals surface area contributed by atoms with E-state index in [1.165, 1.54) is 25.1 Å². The minimum atomic E-state index is -0.913. The summed E-state index contributed by atoms with van der Waals surface area (Å²) in [4.78, 5) is 23.8. The van der Waals surface area contributed by atoms with Crippen LogP contribution >= 0.6 is 0 Å². The molecule has 1 aromatic carbocycles. The maximum atomic E-state index is 13.4. The Morgan fingerprint density at radius 3 is 2.55 bits per heavy atom. The lowest BCUT2D eigenvalue weighted by Gasteiger charge is -2.21. The molecule has 1 fully saturated rings. The standard InChI is InChI=1S/C16H21FN2O3/c1-11(22-14-10-6-5-9-13(14)17)15(20)18-19-16(21)12-7-3-2-4-8-12/h5-6,9-12H,2-4,7-8H2,1H3,(H,18,20)(H,19,21). The number of halogens is 1. The highest BCUT2D eigenvalue weighted by Gasteiger charge is 2.22. The van der Waals surface area contributed by atoms with Crippen molar-refractivity contribution in [1.29, 1.82) is 0 Å². The number of hydrogen-bond acceptors (Lipinski definition) is 3. The molecular weight excluding hydrogens is 287 g/mol. The van der Waals surface area contributed by atoms with Crippen LogP contribution in [-0.4, -0.2) is 17.9 Å². The maximum absolute atomic E-state index is 13.4. The van der Waals surface area contributed by atoms with Crippen LogP contribution < -0.4 is 15.6 Å². The van der Waals surface area contributed by atoms with Crippen molar-refractivity contribution in [2.24, 2.45) is 5.92 Å². The van der Waals surface area contributed by atoms with E-state index in [4.69, 9.17) is 4.74 Å². The lowest BCUT2D eigenvalue weighted by Crippen LogP contribution is -2.49. The lowest BCUT2D eigenvalue weighted by atomic mass is 9.89. The number of hydrazine groups is 1.